The van der Waals surface area contributed by atoms with Gasteiger partial charge in [0.25, 0.3) is 0 Å². The first-order valence-electron chi connectivity index (χ1n) is 8.99. The molecule has 0 radical (unpaired) electrons. The van der Waals surface area contributed by atoms with Crippen LogP contribution < -0.4 is 10.1 Å². The van der Waals surface area contributed by atoms with Crippen molar-refractivity contribution in [3.05, 3.63) is 79.4 Å². The van der Waals surface area contributed by atoms with Gasteiger partial charge in [-0.05, 0) is 35.0 Å². The lowest BCUT2D eigenvalue weighted by Crippen LogP contribution is -2.34. The maximum Gasteiger partial charge on any atom is 0.243 e. The fourth-order valence-corrected chi connectivity index (χ4v) is 3.98. The number of anilines is 1. The first kappa shape index (κ1) is 20.6. The molecular weight excluding hydrogens is 388 g/mol. The minimum Gasteiger partial charge on any atom is -0.489 e. The lowest BCUT2D eigenvalue weighted by atomic mass is 10.1. The van der Waals surface area contributed by atoms with Crippen LogP contribution in [0.5, 0.6) is 5.75 Å². The van der Waals surface area contributed by atoms with E-state index in [1.54, 1.807) is 48.5 Å². The highest BCUT2D eigenvalue weighted by Crippen LogP contribution is 2.22. The van der Waals surface area contributed by atoms with E-state index in [0.29, 0.717) is 18.0 Å². The summed E-state index contributed by atoms with van der Waals surface area (Å²) in [5.74, 6) is 0.137. The molecule has 0 heterocycles. The second-order valence-electron chi connectivity index (χ2n) is 6.45. The predicted octanol–water partition coefficient (Wildman–Crippen LogP) is 3.66. The molecular formula is C22H22N2O4S. The van der Waals surface area contributed by atoms with Crippen LogP contribution >= 0.6 is 0 Å². The smallest absolute Gasteiger partial charge is 0.243 e. The number of amides is 1. The van der Waals surface area contributed by atoms with Gasteiger partial charge in [0.2, 0.25) is 15.9 Å². The van der Waals surface area contributed by atoms with Crippen LogP contribution in [0.15, 0.2) is 84.3 Å². The molecule has 6 nitrogen and oxygen atoms in total. The number of hydrogen-bond acceptors (Lipinski definition) is 4. The molecule has 0 aromatic heterocycles. The standard InChI is InChI=1S/C22H22N2O4S/c1-3-13-28-20-10-6-9-19(15-20)23-22(25)16-24(2)29(26,27)21-12-11-17-7-4-5-8-18(17)14-21/h3-12,14-15H,1,13,16H2,2H3,(H,23,25). The third-order valence-electron chi connectivity index (χ3n) is 4.28. The van der Waals surface area contributed by atoms with Gasteiger partial charge in [0.05, 0.1) is 11.4 Å². The molecule has 0 aliphatic carbocycles. The van der Waals surface area contributed by atoms with Gasteiger partial charge in [0.1, 0.15) is 12.4 Å². The van der Waals surface area contributed by atoms with E-state index in [1.165, 1.54) is 7.05 Å². The Morgan fingerprint density at radius 1 is 1.07 bits per heavy atom. The Balaban J connectivity index is 1.70. The highest BCUT2D eigenvalue weighted by atomic mass is 32.2. The Morgan fingerprint density at radius 3 is 2.59 bits per heavy atom. The van der Waals surface area contributed by atoms with Crippen LogP contribution in [0, 0.1) is 0 Å². The quantitative estimate of drug-likeness (QED) is 0.575. The molecule has 7 heteroatoms. The second kappa shape index (κ2) is 8.89. The molecule has 3 rings (SSSR count). The summed E-state index contributed by atoms with van der Waals surface area (Å²) < 4.78 is 32.2. The zero-order chi connectivity index (χ0) is 20.9. The van der Waals surface area contributed by atoms with Crippen molar-refractivity contribution in [2.45, 2.75) is 4.90 Å². The van der Waals surface area contributed by atoms with Crippen LogP contribution in [0.25, 0.3) is 10.8 Å². The van der Waals surface area contributed by atoms with E-state index in [4.69, 9.17) is 4.74 Å². The van der Waals surface area contributed by atoms with Crippen molar-refractivity contribution in [2.75, 3.05) is 25.5 Å². The number of sulfonamides is 1. The molecule has 1 N–H and O–H groups in total. The van der Waals surface area contributed by atoms with E-state index in [0.717, 1.165) is 15.1 Å². The summed E-state index contributed by atoms with van der Waals surface area (Å²) in [6.45, 7) is 3.63. The Hall–Kier alpha value is -3.16. The number of fused-ring (bicyclic) bond motifs is 1. The first-order valence-corrected chi connectivity index (χ1v) is 10.4. The number of rotatable bonds is 8. The van der Waals surface area contributed by atoms with Gasteiger partial charge in [-0.15, -0.1) is 0 Å². The molecule has 3 aromatic carbocycles. The second-order valence-corrected chi connectivity index (χ2v) is 8.49. The Labute approximate surface area is 170 Å². The monoisotopic (exact) mass is 410 g/mol. The van der Waals surface area contributed by atoms with Crippen LogP contribution in [0.1, 0.15) is 0 Å². The summed E-state index contributed by atoms with van der Waals surface area (Å²) in [5.41, 5.74) is 0.521. The molecule has 0 aliphatic heterocycles. The average Bonchev–Trinajstić information content (AvgIpc) is 2.72. The van der Waals surface area contributed by atoms with Crippen LogP contribution in [-0.4, -0.2) is 38.8 Å². The molecule has 1 amide bonds. The molecule has 0 aliphatic rings. The maximum atomic E-state index is 12.9. The van der Waals surface area contributed by atoms with Gasteiger partial charge in [0, 0.05) is 18.8 Å². The van der Waals surface area contributed by atoms with Crippen molar-refractivity contribution < 1.29 is 17.9 Å². The number of carbonyl (C=O) groups excluding carboxylic acids is 1. The SMILES string of the molecule is C=CCOc1cccc(NC(=O)CN(C)S(=O)(=O)c2ccc3ccccc3c2)c1. The van der Waals surface area contributed by atoms with Crippen LogP contribution in [-0.2, 0) is 14.8 Å². The molecule has 0 atom stereocenters. The molecule has 0 spiro atoms. The number of likely N-dealkylation sites (N-methyl/N-ethyl adjacent to an activating group) is 1. The predicted molar refractivity (Wildman–Crippen MR) is 115 cm³/mol. The number of hydrogen-bond donors (Lipinski definition) is 1. The van der Waals surface area contributed by atoms with Gasteiger partial charge in [-0.3, -0.25) is 4.79 Å². The number of carbonyl (C=O) groups is 1. The fourth-order valence-electron chi connectivity index (χ4n) is 2.81. The highest BCUT2D eigenvalue weighted by Gasteiger charge is 2.23. The van der Waals surface area contributed by atoms with Gasteiger partial charge in [-0.1, -0.05) is 49.1 Å². The maximum absolute atomic E-state index is 12.9. The zero-order valence-electron chi connectivity index (χ0n) is 16.0. The van der Waals surface area contributed by atoms with Crippen molar-refractivity contribution in [3.8, 4) is 5.75 Å². The van der Waals surface area contributed by atoms with E-state index in [1.807, 2.05) is 24.3 Å². The van der Waals surface area contributed by atoms with Crippen molar-refractivity contribution in [3.63, 3.8) is 0 Å². The Morgan fingerprint density at radius 2 is 1.83 bits per heavy atom. The Bertz CT molecular complexity index is 1140. The summed E-state index contributed by atoms with van der Waals surface area (Å²) in [6.07, 6.45) is 1.62. The molecule has 0 fully saturated rings. The normalized spacial score (nSPS) is 11.4. The largest absolute Gasteiger partial charge is 0.489 e. The summed E-state index contributed by atoms with van der Waals surface area (Å²) in [7, 11) is -2.42. The third-order valence-corrected chi connectivity index (χ3v) is 6.08. The van der Waals surface area contributed by atoms with Crippen molar-refractivity contribution >= 4 is 32.4 Å². The van der Waals surface area contributed by atoms with E-state index in [-0.39, 0.29) is 11.4 Å². The molecule has 0 saturated heterocycles. The van der Waals surface area contributed by atoms with Crippen LogP contribution in [0.4, 0.5) is 5.69 Å². The minimum atomic E-state index is -3.80. The minimum absolute atomic E-state index is 0.145. The summed E-state index contributed by atoms with van der Waals surface area (Å²) in [5, 5.41) is 4.46. The summed E-state index contributed by atoms with van der Waals surface area (Å²) in [6, 6.07) is 19.3. The van der Waals surface area contributed by atoms with Gasteiger partial charge >= 0.3 is 0 Å². The highest BCUT2D eigenvalue weighted by molar-refractivity contribution is 7.89. The lowest BCUT2D eigenvalue weighted by Gasteiger charge is -2.17. The van der Waals surface area contributed by atoms with Crippen LogP contribution in [0.3, 0.4) is 0 Å². The Kier molecular flexibility index (Phi) is 6.31. The van der Waals surface area contributed by atoms with E-state index >= 15 is 0 Å². The van der Waals surface area contributed by atoms with Crippen molar-refractivity contribution in [1.29, 1.82) is 0 Å². The lowest BCUT2D eigenvalue weighted by molar-refractivity contribution is -0.116. The molecule has 29 heavy (non-hydrogen) atoms. The molecule has 0 saturated carbocycles. The van der Waals surface area contributed by atoms with Gasteiger partial charge in [-0.25, -0.2) is 8.42 Å². The summed E-state index contributed by atoms with van der Waals surface area (Å²) >= 11 is 0. The molecule has 0 bridgehead atoms. The average molecular weight is 410 g/mol. The number of ether oxygens (including phenoxy) is 1. The number of benzene rings is 3. The number of nitrogens with zero attached hydrogens (tertiary/aromatic N) is 1. The molecule has 0 unspecified atom stereocenters. The van der Waals surface area contributed by atoms with E-state index in [9.17, 15) is 13.2 Å². The van der Waals surface area contributed by atoms with E-state index < -0.39 is 15.9 Å². The fraction of sp³-hybridized carbons (Fsp3) is 0.136. The van der Waals surface area contributed by atoms with Crippen molar-refractivity contribution in [1.82, 2.24) is 4.31 Å². The third kappa shape index (κ3) is 5.01. The molecule has 3 aromatic rings. The van der Waals surface area contributed by atoms with Gasteiger partial charge < -0.3 is 10.1 Å². The van der Waals surface area contributed by atoms with Gasteiger partial charge in [0.15, 0.2) is 0 Å². The van der Waals surface area contributed by atoms with Crippen LogP contribution in [0.2, 0.25) is 0 Å². The van der Waals surface area contributed by atoms with E-state index in [2.05, 4.69) is 11.9 Å². The zero-order valence-corrected chi connectivity index (χ0v) is 16.9. The topological polar surface area (TPSA) is 75.7 Å². The molecule has 150 valence electrons. The van der Waals surface area contributed by atoms with Gasteiger partial charge in [-0.2, -0.15) is 4.31 Å². The number of nitrogens with one attached hydrogen (secondary N) is 1. The first-order chi connectivity index (χ1) is 13.9. The van der Waals surface area contributed by atoms with Crippen molar-refractivity contribution in [2.24, 2.45) is 0 Å². The summed E-state index contributed by atoms with van der Waals surface area (Å²) in [4.78, 5) is 12.5.